The van der Waals surface area contributed by atoms with Gasteiger partial charge in [0.2, 0.25) is 0 Å². The molecule has 0 aliphatic heterocycles. The molecule has 71 valence electrons. The molecular weight excluding hydrogens is 160 g/mol. The zero-order valence-electron chi connectivity index (χ0n) is 6.81. The van der Waals surface area contributed by atoms with Crippen molar-refractivity contribution in [1.29, 1.82) is 0 Å². The van der Waals surface area contributed by atoms with Crippen LogP contribution in [0.2, 0.25) is 0 Å². The molecule has 6 heteroatoms. The second kappa shape index (κ2) is 5.90. The average molecular weight is 175 g/mol. The summed E-state index contributed by atoms with van der Waals surface area (Å²) in [5.41, 5.74) is 15.5. The molecule has 0 heterocycles. The number of rotatable bonds is 6. The normalized spacial score (nSPS) is 13.3. The molecule has 12 heavy (non-hydrogen) atoms. The van der Waals surface area contributed by atoms with Crippen LogP contribution in [-0.2, 0) is 4.79 Å². The summed E-state index contributed by atoms with van der Waals surface area (Å²) in [6.45, 7) is 0.457. The highest BCUT2D eigenvalue weighted by atomic mass is 16.4. The fourth-order valence-electron chi connectivity index (χ4n) is 0.675. The third kappa shape index (κ3) is 6.05. The number of hydrogen-bond donors (Lipinski definition) is 4. The van der Waals surface area contributed by atoms with E-state index in [2.05, 4.69) is 5.32 Å². The van der Waals surface area contributed by atoms with Crippen molar-refractivity contribution in [1.82, 2.24) is 5.32 Å². The molecule has 0 saturated carbocycles. The zero-order valence-corrected chi connectivity index (χ0v) is 6.81. The number of nitrogens with zero attached hydrogens (tertiary/aromatic N) is 1. The Hall–Kier alpha value is -0.690. The van der Waals surface area contributed by atoms with Crippen LogP contribution in [0.4, 0.5) is 0 Å². The van der Waals surface area contributed by atoms with Crippen molar-refractivity contribution in [3.63, 3.8) is 0 Å². The molecule has 0 rings (SSSR count). The maximum atomic E-state index is 10.2. The number of hydrogen-bond acceptors (Lipinski definition) is 4. The monoisotopic (exact) mass is 175 g/mol. The van der Waals surface area contributed by atoms with E-state index in [4.69, 9.17) is 22.3 Å². The third-order valence-corrected chi connectivity index (χ3v) is 1.33. The van der Waals surface area contributed by atoms with Crippen LogP contribution in [0.5, 0.6) is 0 Å². The van der Waals surface area contributed by atoms with Crippen LogP contribution in [0.25, 0.3) is 0 Å². The summed E-state index contributed by atoms with van der Waals surface area (Å²) >= 11 is 0. The van der Waals surface area contributed by atoms with Crippen molar-refractivity contribution in [2.24, 2.45) is 17.2 Å². The first-order chi connectivity index (χ1) is 5.54. The van der Waals surface area contributed by atoms with Crippen LogP contribution in [0, 0.1) is 0 Å². The maximum Gasteiger partial charge on any atom is 0.320 e. The van der Waals surface area contributed by atoms with Crippen LogP contribution >= 0.6 is 0 Å². The van der Waals surface area contributed by atoms with Gasteiger partial charge in [-0.05, 0) is 12.8 Å². The first kappa shape index (κ1) is 11.3. The number of nitrogens with two attached hydrogens (primary N) is 3. The molecule has 0 aliphatic rings. The highest BCUT2D eigenvalue weighted by molar-refractivity contribution is 5.72. The second-order valence-electron chi connectivity index (χ2n) is 2.48. The van der Waals surface area contributed by atoms with Crippen LogP contribution < -0.4 is 22.5 Å². The Morgan fingerprint density at radius 2 is 2.00 bits per heavy atom. The molecule has 1 atom stereocenters. The van der Waals surface area contributed by atoms with E-state index in [0.29, 0.717) is 19.4 Å². The van der Waals surface area contributed by atoms with Gasteiger partial charge in [-0.3, -0.25) is 4.79 Å². The minimum absolute atomic E-state index is 0.394. The molecule has 0 fully saturated rings. The molecule has 0 aromatic rings. The summed E-state index contributed by atoms with van der Waals surface area (Å²) < 4.78 is 0. The SMILES string of the molecule is NC(N)[N]CCCC(N)C(=O)O. The standard InChI is InChI=1S/C6H15N4O2/c7-4(5(11)12)2-1-3-10-6(8)9/h4,6H,1-3,7-9H2,(H,11,12). The van der Waals surface area contributed by atoms with Gasteiger partial charge < -0.3 is 22.3 Å². The van der Waals surface area contributed by atoms with Crippen LogP contribution in [-0.4, -0.2) is 30.0 Å². The van der Waals surface area contributed by atoms with Crippen molar-refractivity contribution < 1.29 is 9.90 Å². The van der Waals surface area contributed by atoms with E-state index < -0.39 is 18.3 Å². The number of carboxylic acid groups (broad SMARTS) is 1. The van der Waals surface area contributed by atoms with Crippen molar-refractivity contribution in [2.45, 2.75) is 25.2 Å². The number of aliphatic carboxylic acids is 1. The Balaban J connectivity index is 3.25. The lowest BCUT2D eigenvalue weighted by Gasteiger charge is -2.07. The highest BCUT2D eigenvalue weighted by Crippen LogP contribution is 1.93. The quantitative estimate of drug-likeness (QED) is 0.273. The van der Waals surface area contributed by atoms with Gasteiger partial charge in [0.25, 0.3) is 0 Å². The summed E-state index contributed by atoms with van der Waals surface area (Å²) in [6.07, 6.45) is 0.315. The van der Waals surface area contributed by atoms with Crippen LogP contribution in [0.15, 0.2) is 0 Å². The topological polar surface area (TPSA) is 129 Å². The summed E-state index contributed by atoms with van der Waals surface area (Å²) in [5.74, 6) is -0.993. The van der Waals surface area contributed by atoms with E-state index in [1.807, 2.05) is 0 Å². The average Bonchev–Trinajstić information content (AvgIpc) is 1.97. The van der Waals surface area contributed by atoms with E-state index in [1.54, 1.807) is 0 Å². The van der Waals surface area contributed by atoms with Crippen molar-refractivity contribution in [3.8, 4) is 0 Å². The first-order valence-corrected chi connectivity index (χ1v) is 3.70. The first-order valence-electron chi connectivity index (χ1n) is 3.70. The Morgan fingerprint density at radius 1 is 1.42 bits per heavy atom. The Labute approximate surface area is 71.1 Å². The molecule has 6 nitrogen and oxygen atoms in total. The lowest BCUT2D eigenvalue weighted by molar-refractivity contribution is -0.138. The predicted molar refractivity (Wildman–Crippen MR) is 44.0 cm³/mol. The Morgan fingerprint density at radius 3 is 2.42 bits per heavy atom. The molecule has 0 aromatic carbocycles. The van der Waals surface area contributed by atoms with Crippen molar-refractivity contribution >= 4 is 5.97 Å². The Kier molecular flexibility index (Phi) is 5.56. The molecule has 0 bridgehead atoms. The van der Waals surface area contributed by atoms with E-state index in [1.165, 1.54) is 0 Å². The number of carbonyl (C=O) groups is 1. The molecule has 0 aliphatic carbocycles. The summed E-state index contributed by atoms with van der Waals surface area (Å²) in [4.78, 5) is 10.2. The molecule has 1 unspecified atom stereocenters. The van der Waals surface area contributed by atoms with Crippen LogP contribution in [0.3, 0.4) is 0 Å². The van der Waals surface area contributed by atoms with Crippen molar-refractivity contribution in [3.05, 3.63) is 0 Å². The smallest absolute Gasteiger partial charge is 0.320 e. The third-order valence-electron chi connectivity index (χ3n) is 1.33. The van der Waals surface area contributed by atoms with Crippen LogP contribution in [0.1, 0.15) is 12.8 Å². The summed E-state index contributed by atoms with van der Waals surface area (Å²) in [6, 6.07) is -0.811. The molecule has 7 N–H and O–H groups in total. The van der Waals surface area contributed by atoms with Crippen molar-refractivity contribution in [2.75, 3.05) is 6.54 Å². The van der Waals surface area contributed by atoms with Gasteiger partial charge in [0.05, 0.1) is 0 Å². The van der Waals surface area contributed by atoms with Gasteiger partial charge in [0.1, 0.15) is 12.3 Å². The van der Waals surface area contributed by atoms with Gasteiger partial charge in [-0.1, -0.05) is 0 Å². The van der Waals surface area contributed by atoms with Gasteiger partial charge in [-0.2, -0.15) is 0 Å². The van der Waals surface area contributed by atoms with Gasteiger partial charge >= 0.3 is 5.97 Å². The fourth-order valence-corrected chi connectivity index (χ4v) is 0.675. The maximum absolute atomic E-state index is 10.2. The fraction of sp³-hybridized carbons (Fsp3) is 0.833. The molecule has 0 spiro atoms. The predicted octanol–water partition coefficient (Wildman–Crippen LogP) is -2.02. The lowest BCUT2D eigenvalue weighted by Crippen LogP contribution is -2.41. The molecular formula is C6H15N4O2. The minimum Gasteiger partial charge on any atom is -0.480 e. The zero-order chi connectivity index (χ0) is 9.56. The summed E-state index contributed by atoms with van der Waals surface area (Å²) in [5, 5.41) is 12.1. The lowest BCUT2D eigenvalue weighted by atomic mass is 10.2. The minimum atomic E-state index is -0.993. The van der Waals surface area contributed by atoms with E-state index in [0.717, 1.165) is 0 Å². The molecule has 0 saturated heterocycles. The van der Waals surface area contributed by atoms with E-state index in [-0.39, 0.29) is 0 Å². The molecule has 0 aromatic heterocycles. The van der Waals surface area contributed by atoms with Gasteiger partial charge in [0, 0.05) is 6.54 Å². The van der Waals surface area contributed by atoms with Gasteiger partial charge in [-0.15, -0.1) is 0 Å². The number of carboxylic acids is 1. The summed E-state index contributed by atoms with van der Waals surface area (Å²) in [7, 11) is 0. The van der Waals surface area contributed by atoms with E-state index >= 15 is 0 Å². The Bertz CT molecular complexity index is 140. The van der Waals surface area contributed by atoms with Gasteiger partial charge in [0.15, 0.2) is 0 Å². The largest absolute Gasteiger partial charge is 0.480 e. The molecule has 0 amide bonds. The highest BCUT2D eigenvalue weighted by Gasteiger charge is 2.10. The van der Waals surface area contributed by atoms with E-state index in [9.17, 15) is 4.79 Å². The second-order valence-corrected chi connectivity index (χ2v) is 2.48. The molecule has 1 radical (unpaired) electrons. The van der Waals surface area contributed by atoms with Gasteiger partial charge in [-0.25, -0.2) is 5.32 Å².